The molecule has 0 aromatic heterocycles. The third kappa shape index (κ3) is 4.01. The molecule has 1 aromatic rings. The van der Waals surface area contributed by atoms with E-state index in [-0.39, 0.29) is 0 Å². The van der Waals surface area contributed by atoms with E-state index in [1.165, 1.54) is 18.2 Å². The van der Waals surface area contributed by atoms with Gasteiger partial charge in [-0.25, -0.2) is 4.79 Å². The number of carbonyl (C=O) groups excluding carboxylic acids is 1. The Morgan fingerprint density at radius 1 is 1.27 bits per heavy atom. The molecule has 1 aromatic carbocycles. The average Bonchev–Trinajstić information content (AvgIpc) is 2.13. The second-order valence-corrected chi connectivity index (χ2v) is 3.24. The number of rotatable bonds is 2. The van der Waals surface area contributed by atoms with Gasteiger partial charge in [-0.05, 0) is 18.2 Å². The monoisotopic (exact) mass is 244 g/mol. The minimum absolute atomic E-state index is 0.370. The van der Waals surface area contributed by atoms with Crippen molar-refractivity contribution in [3.8, 4) is 0 Å². The molecule has 0 heterocycles. The molecule has 1 N–H and O–H groups in total. The quantitative estimate of drug-likeness (QED) is 0.620. The first-order valence-corrected chi connectivity index (χ1v) is 4.39. The molecule has 1 rings (SSSR count). The summed E-state index contributed by atoms with van der Waals surface area (Å²) in [7, 11) is 0. The van der Waals surface area contributed by atoms with Crippen molar-refractivity contribution in [2.45, 2.75) is 0 Å². The largest absolute Gasteiger partial charge is 0.360 e. The molecule has 0 radical (unpaired) electrons. The number of nitrogens with zero attached hydrogens (tertiary/aromatic N) is 4. The van der Waals surface area contributed by atoms with E-state index in [2.05, 4.69) is 20.9 Å². The number of urea groups is 1. The number of carbonyl (C=O) groups is 1. The lowest BCUT2D eigenvalue weighted by atomic mass is 10.3. The van der Waals surface area contributed by atoms with Crippen LogP contribution in [0.3, 0.4) is 0 Å². The van der Waals surface area contributed by atoms with Gasteiger partial charge in [-0.15, -0.1) is 0 Å². The van der Waals surface area contributed by atoms with Crippen molar-refractivity contribution in [3.05, 3.63) is 33.8 Å². The molecule has 0 fully saturated rings. The van der Waals surface area contributed by atoms with Crippen LogP contribution < -0.4 is 5.32 Å². The Morgan fingerprint density at radius 2 is 1.87 bits per heavy atom. The second kappa shape index (κ2) is 5.38. The maximum atomic E-state index is 11.0. The van der Waals surface area contributed by atoms with Crippen LogP contribution in [0, 0.1) is 0 Å². The van der Waals surface area contributed by atoms with Gasteiger partial charge in [0.1, 0.15) is 0 Å². The summed E-state index contributed by atoms with van der Waals surface area (Å²) in [6, 6.07) is 3.68. The average molecular weight is 245 g/mol. The van der Waals surface area contributed by atoms with E-state index in [0.717, 1.165) is 0 Å². The lowest BCUT2D eigenvalue weighted by Crippen LogP contribution is -2.05. The second-order valence-electron chi connectivity index (χ2n) is 2.37. The third-order valence-corrected chi connectivity index (χ3v) is 1.73. The summed E-state index contributed by atoms with van der Waals surface area (Å²) in [5, 5.41) is 11.1. The summed E-state index contributed by atoms with van der Waals surface area (Å²) in [5.41, 5.74) is 8.28. The Balaban J connectivity index is 2.76. The summed E-state index contributed by atoms with van der Waals surface area (Å²) >= 11 is 11.4. The number of amides is 2. The van der Waals surface area contributed by atoms with Crippen molar-refractivity contribution in [2.24, 2.45) is 15.6 Å². The standard InChI is InChI=1S/C7H4Cl2N5O/c8-4-1-5(9)3-6(2-4)11-7(15)12-14-13-10/h1-3H,(H,11,15)/q-1. The number of nitrogens with one attached hydrogen (secondary N) is 1. The first-order valence-electron chi connectivity index (χ1n) is 3.64. The molecular formula is C7H4Cl2N5O-. The Morgan fingerprint density at radius 3 is 2.40 bits per heavy atom. The first kappa shape index (κ1) is 11.5. The van der Waals surface area contributed by atoms with Crippen LogP contribution in [0.5, 0.6) is 0 Å². The van der Waals surface area contributed by atoms with Crippen molar-refractivity contribution < 1.29 is 4.79 Å². The normalized spacial score (nSPS) is 10.3. The maximum Gasteiger partial charge on any atom is 0.345 e. The summed E-state index contributed by atoms with van der Waals surface area (Å²) in [6.45, 7) is 0. The van der Waals surface area contributed by atoms with Crippen molar-refractivity contribution in [1.82, 2.24) is 0 Å². The number of hydrogen-bond donors (Lipinski definition) is 1. The summed E-state index contributed by atoms with van der Waals surface area (Å²) in [5.74, 6) is 0. The third-order valence-electron chi connectivity index (χ3n) is 1.29. The number of hydrogen-bond acceptors (Lipinski definition) is 1. The first-order chi connectivity index (χ1) is 7.11. The molecule has 0 bridgehead atoms. The highest BCUT2D eigenvalue weighted by Gasteiger charge is 2.01. The van der Waals surface area contributed by atoms with Crippen molar-refractivity contribution >= 4 is 34.9 Å². The molecule has 0 saturated carbocycles. The highest BCUT2D eigenvalue weighted by Crippen LogP contribution is 2.22. The highest BCUT2D eigenvalue weighted by molar-refractivity contribution is 6.35. The molecule has 2 amide bonds. The molecule has 0 atom stereocenters. The van der Waals surface area contributed by atoms with Crippen molar-refractivity contribution in [3.63, 3.8) is 0 Å². The molecule has 0 aliphatic heterocycles. The van der Waals surface area contributed by atoms with E-state index in [4.69, 9.17) is 28.7 Å². The fourth-order valence-electron chi connectivity index (χ4n) is 0.835. The molecule has 0 aliphatic rings. The van der Waals surface area contributed by atoms with Gasteiger partial charge in [0, 0.05) is 15.7 Å². The van der Waals surface area contributed by atoms with Crippen LogP contribution in [0.15, 0.2) is 33.8 Å². The van der Waals surface area contributed by atoms with E-state index >= 15 is 0 Å². The highest BCUT2D eigenvalue weighted by atomic mass is 35.5. The Bertz CT molecular complexity index is 400. The van der Waals surface area contributed by atoms with Crippen LogP contribution in [0.1, 0.15) is 0 Å². The smallest absolute Gasteiger partial charge is 0.345 e. The van der Waals surface area contributed by atoms with Crippen LogP contribution in [-0.2, 0) is 0 Å². The SMILES string of the molecule is [N-]=NN=NC(=O)Nc1cc(Cl)cc(Cl)c1. The molecule has 6 nitrogen and oxygen atoms in total. The molecule has 8 heteroatoms. The van der Waals surface area contributed by atoms with E-state index in [1.54, 1.807) is 0 Å². The van der Waals surface area contributed by atoms with Crippen molar-refractivity contribution in [1.29, 1.82) is 0 Å². The predicted octanol–water partition coefficient (Wildman–Crippen LogP) is 3.91. The van der Waals surface area contributed by atoms with Crippen LogP contribution >= 0.6 is 23.2 Å². The zero-order valence-electron chi connectivity index (χ0n) is 7.19. The Labute approximate surface area is 94.8 Å². The van der Waals surface area contributed by atoms with Crippen LogP contribution in [-0.4, -0.2) is 6.03 Å². The lowest BCUT2D eigenvalue weighted by molar-refractivity contribution is 0.258. The van der Waals surface area contributed by atoms with Gasteiger partial charge in [0.25, 0.3) is 0 Å². The summed E-state index contributed by atoms with van der Waals surface area (Å²) < 4.78 is 0. The van der Waals surface area contributed by atoms with E-state index in [9.17, 15) is 4.79 Å². The number of anilines is 1. The topological polar surface area (TPSA) is 88.5 Å². The van der Waals surface area contributed by atoms with Crippen LogP contribution in [0.2, 0.25) is 10.0 Å². The Kier molecular flexibility index (Phi) is 4.14. The van der Waals surface area contributed by atoms with Gasteiger partial charge in [-0.2, -0.15) is 5.11 Å². The van der Waals surface area contributed by atoms with Crippen LogP contribution in [0.25, 0.3) is 5.53 Å². The number of halogens is 2. The minimum atomic E-state index is -0.800. The molecule has 0 spiro atoms. The summed E-state index contributed by atoms with van der Waals surface area (Å²) in [6.07, 6.45) is 0. The Hall–Kier alpha value is -1.53. The molecule has 78 valence electrons. The van der Waals surface area contributed by atoms with Gasteiger partial charge in [0.05, 0.1) is 0 Å². The van der Waals surface area contributed by atoms with E-state index in [0.29, 0.717) is 15.7 Å². The fourth-order valence-corrected chi connectivity index (χ4v) is 1.36. The van der Waals surface area contributed by atoms with Crippen LogP contribution in [0.4, 0.5) is 10.5 Å². The molecule has 0 aliphatic carbocycles. The predicted molar refractivity (Wildman–Crippen MR) is 56.1 cm³/mol. The van der Waals surface area contributed by atoms with Gasteiger partial charge in [0.2, 0.25) is 0 Å². The minimum Gasteiger partial charge on any atom is -0.360 e. The maximum absolute atomic E-state index is 11.0. The zero-order valence-corrected chi connectivity index (χ0v) is 8.70. The van der Waals surface area contributed by atoms with Crippen molar-refractivity contribution in [2.75, 3.05) is 5.32 Å². The van der Waals surface area contributed by atoms with Gasteiger partial charge in [-0.3, -0.25) is 10.4 Å². The fraction of sp³-hybridized carbons (Fsp3) is 0. The zero-order chi connectivity index (χ0) is 11.3. The van der Waals surface area contributed by atoms with Gasteiger partial charge in [0.15, 0.2) is 0 Å². The van der Waals surface area contributed by atoms with E-state index < -0.39 is 6.03 Å². The summed E-state index contributed by atoms with van der Waals surface area (Å²) in [4.78, 5) is 11.0. The van der Waals surface area contributed by atoms with E-state index in [1.807, 2.05) is 0 Å². The van der Waals surface area contributed by atoms with Gasteiger partial charge in [-0.1, -0.05) is 23.2 Å². The molecule has 15 heavy (non-hydrogen) atoms. The van der Waals surface area contributed by atoms with Gasteiger partial charge >= 0.3 is 6.03 Å². The van der Waals surface area contributed by atoms with Gasteiger partial charge < -0.3 is 10.8 Å². The molecular weight excluding hydrogens is 241 g/mol. The molecule has 0 unspecified atom stereocenters. The lowest BCUT2D eigenvalue weighted by Gasteiger charge is -2.03. The molecule has 0 saturated heterocycles. The number of benzene rings is 1.